The van der Waals surface area contributed by atoms with Gasteiger partial charge in [0.15, 0.2) is 6.17 Å². The summed E-state index contributed by atoms with van der Waals surface area (Å²) in [5, 5.41) is 0. The molecule has 0 aliphatic heterocycles. The molecule has 0 saturated heterocycles. The van der Waals surface area contributed by atoms with Crippen LogP contribution >= 0.6 is 0 Å². The van der Waals surface area contributed by atoms with Crippen LogP contribution in [0.2, 0.25) is 0 Å². The second-order valence-electron chi connectivity index (χ2n) is 4.17. The van der Waals surface area contributed by atoms with Crippen LogP contribution in [0.15, 0.2) is 20.0 Å². The van der Waals surface area contributed by atoms with Gasteiger partial charge in [0.05, 0.1) is 6.54 Å². The van der Waals surface area contributed by atoms with Gasteiger partial charge in [-0.1, -0.05) is 25.7 Å². The molecule has 0 aromatic rings. The first kappa shape index (κ1) is 18.5. The van der Waals surface area contributed by atoms with Crippen LogP contribution in [0.1, 0.15) is 38.5 Å². The molecule has 8 nitrogen and oxygen atoms in total. The molecule has 0 aromatic carbocycles. The molecular weight excluding hydrogens is 276 g/mol. The van der Waals surface area contributed by atoms with Crippen molar-refractivity contribution in [3.05, 3.63) is 0 Å². The molecule has 0 aliphatic carbocycles. The van der Waals surface area contributed by atoms with Crippen LogP contribution in [0.25, 0.3) is 0 Å². The van der Waals surface area contributed by atoms with Gasteiger partial charge in [-0.25, -0.2) is 24.2 Å². The molecule has 0 heterocycles. The Bertz CT molecular complexity index is 464. The van der Waals surface area contributed by atoms with Crippen molar-refractivity contribution in [2.75, 3.05) is 6.54 Å². The van der Waals surface area contributed by atoms with Crippen LogP contribution in [-0.4, -0.2) is 43.1 Å². The van der Waals surface area contributed by atoms with Gasteiger partial charge in [0.25, 0.3) is 0 Å². The monoisotopic (exact) mass is 292 g/mol. The van der Waals surface area contributed by atoms with Gasteiger partial charge in [0.2, 0.25) is 24.3 Å². The van der Waals surface area contributed by atoms with E-state index in [1.807, 2.05) is 0 Å². The van der Waals surface area contributed by atoms with Crippen LogP contribution in [0, 0.1) is 0 Å². The first-order valence-corrected chi connectivity index (χ1v) is 6.54. The molecule has 0 aliphatic rings. The zero-order chi connectivity index (χ0) is 15.8. The van der Waals surface area contributed by atoms with E-state index in [0.29, 0.717) is 13.0 Å². The summed E-state index contributed by atoms with van der Waals surface area (Å²) in [6.45, 7) is 0.478. The first-order chi connectivity index (χ1) is 10.3. The third-order valence-corrected chi connectivity index (χ3v) is 2.77. The highest BCUT2D eigenvalue weighted by molar-refractivity contribution is 5.38. The van der Waals surface area contributed by atoms with Crippen molar-refractivity contribution in [1.82, 2.24) is 0 Å². The lowest BCUT2D eigenvalue weighted by atomic mass is 10.0. The Morgan fingerprint density at radius 3 is 1.81 bits per heavy atom. The van der Waals surface area contributed by atoms with Crippen molar-refractivity contribution in [2.24, 2.45) is 20.0 Å². The molecule has 0 aromatic heterocycles. The second-order valence-corrected chi connectivity index (χ2v) is 4.17. The van der Waals surface area contributed by atoms with E-state index >= 15 is 0 Å². The number of hydrogen-bond acceptors (Lipinski definition) is 8. The lowest BCUT2D eigenvalue weighted by molar-refractivity contribution is 0.464. The smallest absolute Gasteiger partial charge is 0.211 e. The molecular formula is C13H16N4O4. The Morgan fingerprint density at radius 2 is 1.24 bits per heavy atom. The van der Waals surface area contributed by atoms with Crippen LogP contribution < -0.4 is 0 Å². The topological polar surface area (TPSA) is 118 Å². The maximum atomic E-state index is 10.3. The van der Waals surface area contributed by atoms with Gasteiger partial charge < -0.3 is 0 Å². The van der Waals surface area contributed by atoms with Crippen molar-refractivity contribution >= 4 is 24.3 Å². The quantitative estimate of drug-likeness (QED) is 0.306. The highest BCUT2D eigenvalue weighted by Gasteiger charge is 2.19. The molecule has 0 amide bonds. The molecule has 112 valence electrons. The van der Waals surface area contributed by atoms with E-state index in [0.717, 1.165) is 32.1 Å². The Hall–Kier alpha value is -2.48. The minimum Gasteiger partial charge on any atom is -0.211 e. The Morgan fingerprint density at radius 1 is 0.667 bits per heavy atom. The number of carbonyl (C=O) groups excluding carboxylic acids is 4. The van der Waals surface area contributed by atoms with E-state index in [9.17, 15) is 19.2 Å². The maximum Gasteiger partial charge on any atom is 0.237 e. The van der Waals surface area contributed by atoms with E-state index in [1.54, 1.807) is 0 Å². The number of rotatable bonds is 12. The lowest BCUT2D eigenvalue weighted by Gasteiger charge is -2.12. The van der Waals surface area contributed by atoms with E-state index in [-0.39, 0.29) is 0 Å². The SMILES string of the molecule is O=C=NCCCCCCCC(N=C=O)C(N=C=O)N=C=O. The average Bonchev–Trinajstić information content (AvgIpc) is 2.48. The molecule has 21 heavy (non-hydrogen) atoms. The summed E-state index contributed by atoms with van der Waals surface area (Å²) >= 11 is 0. The summed E-state index contributed by atoms with van der Waals surface area (Å²) in [5.41, 5.74) is 0. The zero-order valence-corrected chi connectivity index (χ0v) is 11.5. The summed E-state index contributed by atoms with van der Waals surface area (Å²) in [6, 6.07) is -0.704. The molecule has 0 N–H and O–H groups in total. The fraction of sp³-hybridized carbons (Fsp3) is 0.692. The number of hydrogen-bond donors (Lipinski definition) is 0. The molecule has 1 atom stereocenters. The molecule has 0 radical (unpaired) electrons. The summed E-state index contributed by atoms with van der Waals surface area (Å²) in [5.74, 6) is 0. The van der Waals surface area contributed by atoms with Crippen molar-refractivity contribution in [2.45, 2.75) is 50.7 Å². The Kier molecular flexibility index (Phi) is 12.3. The average molecular weight is 292 g/mol. The van der Waals surface area contributed by atoms with Crippen LogP contribution in [0.3, 0.4) is 0 Å². The van der Waals surface area contributed by atoms with E-state index in [2.05, 4.69) is 20.0 Å². The van der Waals surface area contributed by atoms with E-state index in [4.69, 9.17) is 0 Å². The van der Waals surface area contributed by atoms with Crippen molar-refractivity contribution < 1.29 is 19.2 Å². The van der Waals surface area contributed by atoms with Gasteiger partial charge in [-0.15, -0.1) is 0 Å². The standard InChI is InChI=1S/C13H16N4O4/c18-8-14-7-5-3-1-2-4-6-12(15-9-19)13(16-10-20)17-11-21/h12-13H,1-7H2. The Labute approximate surface area is 121 Å². The summed E-state index contributed by atoms with van der Waals surface area (Å²) in [6.07, 6.45) is 9.11. The van der Waals surface area contributed by atoms with Gasteiger partial charge in [0, 0.05) is 0 Å². The third kappa shape index (κ3) is 10.0. The van der Waals surface area contributed by atoms with Crippen LogP contribution in [0.4, 0.5) is 0 Å². The van der Waals surface area contributed by atoms with Gasteiger partial charge in [0.1, 0.15) is 6.04 Å². The molecule has 0 bridgehead atoms. The molecule has 0 rings (SSSR count). The molecule has 8 heteroatoms. The number of aliphatic imine (C=N–C) groups is 4. The van der Waals surface area contributed by atoms with E-state index < -0.39 is 12.2 Å². The maximum absolute atomic E-state index is 10.3. The number of unbranched alkanes of at least 4 members (excludes halogenated alkanes) is 4. The highest BCUT2D eigenvalue weighted by Crippen LogP contribution is 2.14. The molecule has 0 saturated carbocycles. The normalized spacial score (nSPS) is 11.8. The minimum absolute atomic E-state index is 0.447. The van der Waals surface area contributed by atoms with Gasteiger partial charge in [-0.3, -0.25) is 0 Å². The minimum atomic E-state index is -1.07. The van der Waals surface area contributed by atoms with Crippen LogP contribution in [-0.2, 0) is 19.2 Å². The third-order valence-electron chi connectivity index (χ3n) is 2.77. The van der Waals surface area contributed by atoms with Gasteiger partial charge in [-0.2, -0.15) is 15.0 Å². The second kappa shape index (κ2) is 13.9. The van der Waals surface area contributed by atoms with Crippen molar-refractivity contribution in [1.29, 1.82) is 0 Å². The predicted molar refractivity (Wildman–Crippen MR) is 72.6 cm³/mol. The zero-order valence-electron chi connectivity index (χ0n) is 11.5. The summed E-state index contributed by atoms with van der Waals surface area (Å²) < 4.78 is 0. The number of nitrogens with zero attached hydrogens (tertiary/aromatic N) is 4. The molecule has 0 fully saturated rings. The first-order valence-electron chi connectivity index (χ1n) is 6.54. The predicted octanol–water partition coefficient (Wildman–Crippen LogP) is 1.36. The van der Waals surface area contributed by atoms with Gasteiger partial charge >= 0.3 is 0 Å². The van der Waals surface area contributed by atoms with Crippen molar-refractivity contribution in [3.8, 4) is 0 Å². The van der Waals surface area contributed by atoms with Crippen LogP contribution in [0.5, 0.6) is 0 Å². The van der Waals surface area contributed by atoms with E-state index in [1.165, 1.54) is 24.3 Å². The largest absolute Gasteiger partial charge is 0.237 e. The van der Waals surface area contributed by atoms with Gasteiger partial charge in [-0.05, 0) is 12.8 Å². The fourth-order valence-corrected chi connectivity index (χ4v) is 1.78. The molecule has 0 spiro atoms. The number of isocyanates is 4. The fourth-order valence-electron chi connectivity index (χ4n) is 1.78. The van der Waals surface area contributed by atoms with Crippen molar-refractivity contribution in [3.63, 3.8) is 0 Å². The summed E-state index contributed by atoms with van der Waals surface area (Å²) in [7, 11) is 0. The Balaban J connectivity index is 4.15. The highest BCUT2D eigenvalue weighted by atomic mass is 16.1. The summed E-state index contributed by atoms with van der Waals surface area (Å²) in [4.78, 5) is 54.3. The molecule has 1 unspecified atom stereocenters. The lowest BCUT2D eigenvalue weighted by Crippen LogP contribution is -2.20.